The lowest BCUT2D eigenvalue weighted by Crippen LogP contribution is -1.86. The van der Waals surface area contributed by atoms with Crippen molar-refractivity contribution in [3.05, 3.63) is 47.7 Å². The summed E-state index contributed by atoms with van der Waals surface area (Å²) in [5.41, 5.74) is 3.64. The lowest BCUT2D eigenvalue weighted by Gasteiger charge is -2.05. The average molecular weight is 199 g/mol. The molecule has 2 rings (SSSR count). The summed E-state index contributed by atoms with van der Waals surface area (Å²) in [6.45, 7) is 3.90. The molecular weight excluding hydrogens is 186 g/mol. The Kier molecular flexibility index (Phi) is 2.42. The molecule has 0 saturated carbocycles. The molecule has 0 aliphatic rings. The quantitative estimate of drug-likeness (QED) is 0.765. The molecule has 15 heavy (non-hydrogen) atoms. The zero-order valence-electron chi connectivity index (χ0n) is 8.86. The van der Waals surface area contributed by atoms with Gasteiger partial charge in [0, 0.05) is 11.8 Å². The van der Waals surface area contributed by atoms with Gasteiger partial charge >= 0.3 is 0 Å². The van der Waals surface area contributed by atoms with Crippen LogP contribution in [0.4, 0.5) is 0 Å². The summed E-state index contributed by atoms with van der Waals surface area (Å²) >= 11 is 0. The number of rotatable bonds is 1. The number of aromatic hydroxyl groups is 1. The van der Waals surface area contributed by atoms with Gasteiger partial charge in [-0.3, -0.25) is 4.98 Å². The van der Waals surface area contributed by atoms with Gasteiger partial charge in [-0.05, 0) is 25.5 Å². The largest absolute Gasteiger partial charge is 0.505 e. The lowest BCUT2D eigenvalue weighted by molar-refractivity contribution is 0.471. The van der Waals surface area contributed by atoms with Crippen LogP contribution < -0.4 is 0 Å². The Bertz CT molecular complexity index is 474. The highest BCUT2D eigenvalue weighted by Crippen LogP contribution is 2.29. The standard InChI is InChI=1S/C13H13NO/c1-9-3-5-11(6-4-9)12-13(15)10(2)7-8-14-12/h3-8,15H,1-2H3. The van der Waals surface area contributed by atoms with Gasteiger partial charge in [-0.1, -0.05) is 29.8 Å². The van der Waals surface area contributed by atoms with E-state index in [9.17, 15) is 5.11 Å². The van der Waals surface area contributed by atoms with Crippen LogP contribution in [0.15, 0.2) is 36.5 Å². The van der Waals surface area contributed by atoms with Gasteiger partial charge in [0.1, 0.15) is 11.4 Å². The summed E-state index contributed by atoms with van der Waals surface area (Å²) < 4.78 is 0. The Morgan fingerprint density at radius 1 is 1.00 bits per heavy atom. The fourth-order valence-electron chi connectivity index (χ4n) is 1.47. The second-order valence-electron chi connectivity index (χ2n) is 3.69. The van der Waals surface area contributed by atoms with Crippen molar-refractivity contribution >= 4 is 0 Å². The molecule has 1 aromatic heterocycles. The maximum absolute atomic E-state index is 9.86. The molecule has 76 valence electrons. The van der Waals surface area contributed by atoms with Crippen LogP contribution in [0.3, 0.4) is 0 Å². The van der Waals surface area contributed by atoms with Crippen LogP contribution in [0.1, 0.15) is 11.1 Å². The van der Waals surface area contributed by atoms with E-state index in [1.165, 1.54) is 5.56 Å². The Morgan fingerprint density at radius 3 is 2.33 bits per heavy atom. The summed E-state index contributed by atoms with van der Waals surface area (Å²) in [7, 11) is 0. The minimum Gasteiger partial charge on any atom is -0.505 e. The van der Waals surface area contributed by atoms with Crippen molar-refractivity contribution in [1.29, 1.82) is 0 Å². The number of pyridine rings is 1. The number of benzene rings is 1. The first-order chi connectivity index (χ1) is 7.18. The average Bonchev–Trinajstić information content (AvgIpc) is 2.24. The van der Waals surface area contributed by atoms with Gasteiger partial charge in [-0.2, -0.15) is 0 Å². The van der Waals surface area contributed by atoms with Crippen molar-refractivity contribution in [3.63, 3.8) is 0 Å². The summed E-state index contributed by atoms with van der Waals surface area (Å²) in [6, 6.07) is 9.76. The summed E-state index contributed by atoms with van der Waals surface area (Å²) in [5.74, 6) is 0.265. The van der Waals surface area contributed by atoms with E-state index >= 15 is 0 Å². The predicted octanol–water partition coefficient (Wildman–Crippen LogP) is 3.07. The van der Waals surface area contributed by atoms with Gasteiger partial charge in [-0.15, -0.1) is 0 Å². The predicted molar refractivity (Wildman–Crippen MR) is 60.8 cm³/mol. The molecule has 2 heteroatoms. The van der Waals surface area contributed by atoms with Gasteiger partial charge < -0.3 is 5.11 Å². The zero-order valence-corrected chi connectivity index (χ0v) is 8.86. The monoisotopic (exact) mass is 199 g/mol. The molecule has 0 amide bonds. The highest BCUT2D eigenvalue weighted by atomic mass is 16.3. The van der Waals surface area contributed by atoms with Gasteiger partial charge in [0.25, 0.3) is 0 Å². The van der Waals surface area contributed by atoms with Crippen molar-refractivity contribution < 1.29 is 5.11 Å². The van der Waals surface area contributed by atoms with Crippen LogP contribution in [-0.4, -0.2) is 10.1 Å². The number of nitrogens with zero attached hydrogens (tertiary/aromatic N) is 1. The zero-order chi connectivity index (χ0) is 10.8. The third-order valence-corrected chi connectivity index (χ3v) is 2.45. The van der Waals surface area contributed by atoms with Crippen molar-refractivity contribution in [3.8, 4) is 17.0 Å². The van der Waals surface area contributed by atoms with Crippen molar-refractivity contribution in [2.24, 2.45) is 0 Å². The Hall–Kier alpha value is -1.83. The maximum Gasteiger partial charge on any atom is 0.144 e. The third kappa shape index (κ3) is 1.84. The van der Waals surface area contributed by atoms with Gasteiger partial charge in [0.2, 0.25) is 0 Å². The lowest BCUT2D eigenvalue weighted by atomic mass is 10.1. The van der Waals surface area contributed by atoms with E-state index in [-0.39, 0.29) is 5.75 Å². The normalized spacial score (nSPS) is 10.3. The molecule has 0 unspecified atom stereocenters. The molecule has 0 bridgehead atoms. The first-order valence-corrected chi connectivity index (χ1v) is 4.90. The van der Waals surface area contributed by atoms with Crippen molar-refractivity contribution in [2.45, 2.75) is 13.8 Å². The van der Waals surface area contributed by atoms with Crippen LogP contribution in [-0.2, 0) is 0 Å². The third-order valence-electron chi connectivity index (χ3n) is 2.45. The Labute approximate surface area is 89.2 Å². The first kappa shape index (κ1) is 9.71. The van der Waals surface area contributed by atoms with E-state index in [2.05, 4.69) is 4.98 Å². The SMILES string of the molecule is Cc1ccc(-c2nccc(C)c2O)cc1. The van der Waals surface area contributed by atoms with Crippen LogP contribution in [0, 0.1) is 13.8 Å². The second-order valence-corrected chi connectivity index (χ2v) is 3.69. The van der Waals surface area contributed by atoms with Gasteiger partial charge in [-0.25, -0.2) is 0 Å². The van der Waals surface area contributed by atoms with E-state index in [4.69, 9.17) is 0 Å². The minimum absolute atomic E-state index is 0.265. The second kappa shape index (κ2) is 3.73. The van der Waals surface area contributed by atoms with Crippen molar-refractivity contribution in [2.75, 3.05) is 0 Å². The van der Waals surface area contributed by atoms with E-state index < -0.39 is 0 Å². The molecule has 2 nitrogen and oxygen atoms in total. The fraction of sp³-hybridized carbons (Fsp3) is 0.154. The van der Waals surface area contributed by atoms with Gasteiger partial charge in [0.15, 0.2) is 0 Å². The van der Waals surface area contributed by atoms with Crippen LogP contribution in [0.2, 0.25) is 0 Å². The molecular formula is C13H13NO. The number of hydrogen-bond donors (Lipinski definition) is 1. The summed E-state index contributed by atoms with van der Waals surface area (Å²) in [6.07, 6.45) is 1.71. The maximum atomic E-state index is 9.86. The minimum atomic E-state index is 0.265. The fourth-order valence-corrected chi connectivity index (χ4v) is 1.47. The molecule has 1 heterocycles. The van der Waals surface area contributed by atoms with Crippen LogP contribution >= 0.6 is 0 Å². The van der Waals surface area contributed by atoms with E-state index in [0.717, 1.165) is 11.1 Å². The highest BCUT2D eigenvalue weighted by molar-refractivity contribution is 5.67. The number of hydrogen-bond acceptors (Lipinski definition) is 2. The number of aromatic nitrogens is 1. The van der Waals surface area contributed by atoms with Gasteiger partial charge in [0.05, 0.1) is 0 Å². The first-order valence-electron chi connectivity index (χ1n) is 4.90. The number of aryl methyl sites for hydroxylation is 2. The van der Waals surface area contributed by atoms with E-state index in [0.29, 0.717) is 5.69 Å². The molecule has 0 radical (unpaired) electrons. The molecule has 0 spiro atoms. The van der Waals surface area contributed by atoms with Crippen LogP contribution in [0.5, 0.6) is 5.75 Å². The summed E-state index contributed by atoms with van der Waals surface area (Å²) in [4.78, 5) is 4.19. The molecule has 1 aromatic carbocycles. The van der Waals surface area contributed by atoms with E-state index in [1.807, 2.05) is 38.1 Å². The molecule has 0 fully saturated rings. The molecule has 0 atom stereocenters. The highest BCUT2D eigenvalue weighted by Gasteiger charge is 2.06. The molecule has 2 aromatic rings. The molecule has 0 aliphatic carbocycles. The molecule has 0 aliphatic heterocycles. The Morgan fingerprint density at radius 2 is 1.67 bits per heavy atom. The van der Waals surface area contributed by atoms with E-state index in [1.54, 1.807) is 12.3 Å². The topological polar surface area (TPSA) is 33.1 Å². The molecule has 0 saturated heterocycles. The van der Waals surface area contributed by atoms with Crippen molar-refractivity contribution in [1.82, 2.24) is 4.98 Å². The van der Waals surface area contributed by atoms with Crippen LogP contribution in [0.25, 0.3) is 11.3 Å². The smallest absolute Gasteiger partial charge is 0.144 e. The Balaban J connectivity index is 2.54. The summed E-state index contributed by atoms with van der Waals surface area (Å²) in [5, 5.41) is 9.86. The molecule has 1 N–H and O–H groups in total.